The first-order valence-electron chi connectivity index (χ1n) is 4.92. The summed E-state index contributed by atoms with van der Waals surface area (Å²) >= 11 is 0. The highest BCUT2D eigenvalue weighted by Crippen LogP contribution is 2.23. The van der Waals surface area contributed by atoms with Gasteiger partial charge in [0, 0.05) is 12.8 Å². The highest BCUT2D eigenvalue weighted by atomic mass is 16.3. The van der Waals surface area contributed by atoms with Crippen LogP contribution in [-0.2, 0) is 0 Å². The summed E-state index contributed by atoms with van der Waals surface area (Å²) in [5.41, 5.74) is 0.462. The van der Waals surface area contributed by atoms with E-state index < -0.39 is 0 Å². The Morgan fingerprint density at radius 3 is 2.33 bits per heavy atom. The SMILES string of the molecule is CCC1(C)CC(O)CC(C)(C)[NH2+]1. The molecule has 12 heavy (non-hydrogen) atoms. The second-order valence-electron chi connectivity index (χ2n) is 5.20. The molecule has 0 aromatic rings. The van der Waals surface area contributed by atoms with E-state index in [2.05, 4.69) is 33.0 Å². The van der Waals surface area contributed by atoms with Crippen LogP contribution in [0.25, 0.3) is 0 Å². The van der Waals surface area contributed by atoms with Crippen molar-refractivity contribution in [2.24, 2.45) is 0 Å². The van der Waals surface area contributed by atoms with Gasteiger partial charge in [0.1, 0.15) is 0 Å². The van der Waals surface area contributed by atoms with Gasteiger partial charge in [0.05, 0.1) is 17.2 Å². The van der Waals surface area contributed by atoms with Crippen molar-refractivity contribution in [1.82, 2.24) is 0 Å². The molecule has 2 atom stereocenters. The number of hydrogen-bond donors (Lipinski definition) is 2. The van der Waals surface area contributed by atoms with Gasteiger partial charge in [0.25, 0.3) is 0 Å². The number of rotatable bonds is 1. The Labute approximate surface area is 75.4 Å². The van der Waals surface area contributed by atoms with E-state index in [1.54, 1.807) is 0 Å². The van der Waals surface area contributed by atoms with Crippen LogP contribution >= 0.6 is 0 Å². The fourth-order valence-electron chi connectivity index (χ4n) is 2.53. The smallest absolute Gasteiger partial charge is 0.0959 e. The molecule has 0 aromatic carbocycles. The van der Waals surface area contributed by atoms with Gasteiger partial charge in [-0.1, -0.05) is 6.92 Å². The van der Waals surface area contributed by atoms with E-state index in [9.17, 15) is 5.11 Å². The summed E-state index contributed by atoms with van der Waals surface area (Å²) in [6.45, 7) is 8.87. The number of piperidine rings is 1. The molecule has 2 nitrogen and oxygen atoms in total. The fraction of sp³-hybridized carbons (Fsp3) is 1.00. The van der Waals surface area contributed by atoms with Gasteiger partial charge in [-0.05, 0) is 27.2 Å². The lowest BCUT2D eigenvalue weighted by molar-refractivity contribution is -0.793. The lowest BCUT2D eigenvalue weighted by Crippen LogP contribution is -3.06. The topological polar surface area (TPSA) is 36.8 Å². The zero-order chi connectivity index (χ0) is 9.41. The zero-order valence-electron chi connectivity index (χ0n) is 8.72. The third-order valence-corrected chi connectivity index (χ3v) is 3.01. The Kier molecular flexibility index (Phi) is 2.50. The van der Waals surface area contributed by atoms with Gasteiger partial charge in [-0.2, -0.15) is 0 Å². The van der Waals surface area contributed by atoms with Crippen LogP contribution in [0.3, 0.4) is 0 Å². The average Bonchev–Trinajstić information content (AvgIpc) is 1.82. The van der Waals surface area contributed by atoms with Crippen molar-refractivity contribution in [3.63, 3.8) is 0 Å². The van der Waals surface area contributed by atoms with Crippen LogP contribution in [0.1, 0.15) is 47.0 Å². The second-order valence-corrected chi connectivity index (χ2v) is 5.20. The van der Waals surface area contributed by atoms with Crippen LogP contribution in [-0.4, -0.2) is 22.3 Å². The van der Waals surface area contributed by atoms with Crippen LogP contribution in [0.5, 0.6) is 0 Å². The van der Waals surface area contributed by atoms with Crippen molar-refractivity contribution in [1.29, 1.82) is 0 Å². The van der Waals surface area contributed by atoms with E-state index in [0.29, 0.717) is 0 Å². The minimum Gasteiger partial charge on any atom is -0.393 e. The molecule has 0 saturated carbocycles. The second kappa shape index (κ2) is 3.00. The van der Waals surface area contributed by atoms with Crippen LogP contribution in [0.2, 0.25) is 0 Å². The molecule has 1 aliphatic rings. The van der Waals surface area contributed by atoms with Crippen molar-refractivity contribution in [2.45, 2.75) is 64.1 Å². The first-order chi connectivity index (χ1) is 5.37. The van der Waals surface area contributed by atoms with Gasteiger partial charge in [-0.25, -0.2) is 0 Å². The maximum absolute atomic E-state index is 9.69. The number of aliphatic hydroxyl groups excluding tert-OH is 1. The summed E-state index contributed by atoms with van der Waals surface area (Å²) in [6.07, 6.45) is 2.89. The van der Waals surface area contributed by atoms with Crippen molar-refractivity contribution in [3.05, 3.63) is 0 Å². The Morgan fingerprint density at radius 1 is 1.33 bits per heavy atom. The number of aliphatic hydroxyl groups is 1. The number of quaternary nitrogens is 1. The summed E-state index contributed by atoms with van der Waals surface area (Å²) in [5, 5.41) is 12.1. The highest BCUT2D eigenvalue weighted by molar-refractivity contribution is 4.85. The molecule has 0 spiro atoms. The molecule has 2 heteroatoms. The summed E-state index contributed by atoms with van der Waals surface area (Å²) in [4.78, 5) is 0. The lowest BCUT2D eigenvalue weighted by atomic mass is 9.79. The van der Waals surface area contributed by atoms with Gasteiger partial charge in [0.15, 0.2) is 0 Å². The molecule has 1 fully saturated rings. The number of hydrogen-bond acceptors (Lipinski definition) is 1. The third kappa shape index (κ3) is 2.20. The molecule has 1 rings (SSSR count). The van der Waals surface area contributed by atoms with E-state index in [1.165, 1.54) is 0 Å². The molecular formula is C10H22NO+. The standard InChI is InChI=1S/C10H21NO/c1-5-10(4)7-8(12)6-9(2,3)11-10/h8,11-12H,5-7H2,1-4H3/p+1. The van der Waals surface area contributed by atoms with E-state index in [1.807, 2.05) is 0 Å². The van der Waals surface area contributed by atoms with Gasteiger partial charge in [-0.15, -0.1) is 0 Å². The third-order valence-electron chi connectivity index (χ3n) is 3.01. The van der Waals surface area contributed by atoms with E-state index in [0.717, 1.165) is 19.3 Å². The summed E-state index contributed by atoms with van der Waals surface area (Å²) in [5.74, 6) is 0. The summed E-state index contributed by atoms with van der Waals surface area (Å²) in [7, 11) is 0. The maximum atomic E-state index is 9.69. The monoisotopic (exact) mass is 172 g/mol. The molecule has 0 aromatic heterocycles. The van der Waals surface area contributed by atoms with Crippen molar-refractivity contribution in [2.75, 3.05) is 0 Å². The Balaban J connectivity index is 2.70. The first-order valence-corrected chi connectivity index (χ1v) is 4.92. The minimum atomic E-state index is -0.102. The van der Waals surface area contributed by atoms with E-state index in [4.69, 9.17) is 0 Å². The van der Waals surface area contributed by atoms with Crippen molar-refractivity contribution in [3.8, 4) is 0 Å². The first kappa shape index (κ1) is 10.0. The molecule has 0 aliphatic carbocycles. The van der Waals surface area contributed by atoms with Crippen LogP contribution in [0.4, 0.5) is 0 Å². The molecular weight excluding hydrogens is 150 g/mol. The molecule has 1 aliphatic heterocycles. The van der Waals surface area contributed by atoms with Crippen LogP contribution in [0.15, 0.2) is 0 Å². The van der Waals surface area contributed by atoms with Crippen LogP contribution in [0, 0.1) is 0 Å². The molecule has 0 radical (unpaired) electrons. The quantitative estimate of drug-likeness (QED) is 0.599. The lowest BCUT2D eigenvalue weighted by Gasteiger charge is -2.42. The van der Waals surface area contributed by atoms with E-state index in [-0.39, 0.29) is 17.2 Å². The fourth-order valence-corrected chi connectivity index (χ4v) is 2.53. The Morgan fingerprint density at radius 2 is 1.92 bits per heavy atom. The van der Waals surface area contributed by atoms with Gasteiger partial charge in [0.2, 0.25) is 0 Å². The summed E-state index contributed by atoms with van der Waals surface area (Å²) < 4.78 is 0. The molecule has 1 heterocycles. The summed E-state index contributed by atoms with van der Waals surface area (Å²) in [6, 6.07) is 0. The predicted molar refractivity (Wildman–Crippen MR) is 49.9 cm³/mol. The Bertz CT molecular complexity index is 167. The molecule has 1 saturated heterocycles. The molecule has 3 N–H and O–H groups in total. The van der Waals surface area contributed by atoms with Crippen molar-refractivity contribution < 1.29 is 10.4 Å². The normalized spacial score (nSPS) is 41.2. The largest absolute Gasteiger partial charge is 0.393 e. The zero-order valence-corrected chi connectivity index (χ0v) is 8.72. The van der Waals surface area contributed by atoms with Gasteiger partial charge < -0.3 is 10.4 Å². The minimum absolute atomic E-state index is 0.102. The van der Waals surface area contributed by atoms with E-state index >= 15 is 0 Å². The predicted octanol–water partition coefficient (Wildman–Crippen LogP) is 0.652. The highest BCUT2D eigenvalue weighted by Gasteiger charge is 2.42. The molecule has 2 unspecified atom stereocenters. The van der Waals surface area contributed by atoms with Crippen LogP contribution < -0.4 is 5.32 Å². The number of nitrogens with two attached hydrogens (primary N) is 1. The average molecular weight is 172 g/mol. The van der Waals surface area contributed by atoms with Gasteiger partial charge in [-0.3, -0.25) is 0 Å². The molecule has 0 amide bonds. The maximum Gasteiger partial charge on any atom is 0.0959 e. The van der Waals surface area contributed by atoms with Crippen molar-refractivity contribution >= 4 is 0 Å². The molecule has 0 bridgehead atoms. The Hall–Kier alpha value is -0.0800. The van der Waals surface area contributed by atoms with Gasteiger partial charge >= 0.3 is 0 Å². The molecule has 72 valence electrons.